The lowest BCUT2D eigenvalue weighted by atomic mass is 9.72. The molecule has 0 radical (unpaired) electrons. The zero-order valence-electron chi connectivity index (χ0n) is 7.81. The van der Waals surface area contributed by atoms with Gasteiger partial charge in [0.25, 0.3) is 0 Å². The Morgan fingerprint density at radius 2 is 2.14 bits per heavy atom. The Balaban J connectivity index is 2.42. The van der Waals surface area contributed by atoms with Crippen LogP contribution in [0, 0.1) is 29.1 Å². The number of hydrogen-bond acceptors (Lipinski definition) is 2. The third-order valence-electron chi connectivity index (χ3n) is 2.89. The minimum atomic E-state index is -0.324. The molecule has 70 valence electrons. The summed E-state index contributed by atoms with van der Waals surface area (Å²) in [6.45, 7) is 3.88. The molecule has 3 atom stereocenters. The van der Waals surface area contributed by atoms with E-state index in [9.17, 15) is 4.79 Å². The van der Waals surface area contributed by atoms with E-state index in [1.807, 2.05) is 24.3 Å². The van der Waals surface area contributed by atoms with Crippen LogP contribution in [0.4, 0.5) is 0 Å². The van der Waals surface area contributed by atoms with E-state index in [0.717, 1.165) is 5.57 Å². The van der Waals surface area contributed by atoms with Crippen LogP contribution in [0.5, 0.6) is 0 Å². The lowest BCUT2D eigenvalue weighted by Gasteiger charge is -2.29. The van der Waals surface area contributed by atoms with Gasteiger partial charge in [-0.3, -0.25) is 4.79 Å². The number of hydrogen-bond donors (Lipinski definition) is 0. The summed E-state index contributed by atoms with van der Waals surface area (Å²) in [4.78, 5) is 11.8. The topological polar surface area (TPSA) is 40.9 Å². The molecule has 2 heteroatoms. The molecule has 2 aliphatic rings. The van der Waals surface area contributed by atoms with Gasteiger partial charge >= 0.3 is 0 Å². The fraction of sp³-hybridized carbons (Fsp3) is 0.333. The van der Waals surface area contributed by atoms with Crippen molar-refractivity contribution in [2.75, 3.05) is 0 Å². The highest BCUT2D eigenvalue weighted by molar-refractivity contribution is 5.89. The largest absolute Gasteiger partial charge is 0.298 e. The molecule has 2 rings (SSSR count). The van der Waals surface area contributed by atoms with E-state index < -0.39 is 0 Å². The normalized spacial score (nSPS) is 35.2. The first kappa shape index (κ1) is 8.96. The molecule has 0 spiro atoms. The minimum Gasteiger partial charge on any atom is -0.298 e. The Kier molecular flexibility index (Phi) is 2.09. The summed E-state index contributed by atoms with van der Waals surface area (Å²) in [5.74, 6) is -0.503. The summed E-state index contributed by atoms with van der Waals surface area (Å²) in [6.07, 6.45) is 8.08. The number of nitriles is 1. The highest BCUT2D eigenvalue weighted by Crippen LogP contribution is 2.36. The van der Waals surface area contributed by atoms with Gasteiger partial charge in [0.15, 0.2) is 0 Å². The maximum Gasteiger partial charge on any atom is 0.148 e. The van der Waals surface area contributed by atoms with Crippen LogP contribution >= 0.6 is 0 Å². The summed E-state index contributed by atoms with van der Waals surface area (Å²) in [7, 11) is 0. The molecule has 0 saturated heterocycles. The van der Waals surface area contributed by atoms with E-state index in [0.29, 0.717) is 6.42 Å². The summed E-state index contributed by atoms with van der Waals surface area (Å²) >= 11 is 0. The molecule has 0 aromatic rings. The smallest absolute Gasteiger partial charge is 0.148 e. The molecule has 0 N–H and O–H groups in total. The van der Waals surface area contributed by atoms with Crippen molar-refractivity contribution in [3.05, 3.63) is 36.5 Å². The van der Waals surface area contributed by atoms with Crippen molar-refractivity contribution in [1.29, 1.82) is 5.26 Å². The Labute approximate surface area is 83.2 Å². The summed E-state index contributed by atoms with van der Waals surface area (Å²) in [6, 6.07) is 2.17. The van der Waals surface area contributed by atoms with Gasteiger partial charge in [-0.05, 0) is 6.42 Å². The first-order valence-electron chi connectivity index (χ1n) is 4.70. The van der Waals surface area contributed by atoms with Crippen molar-refractivity contribution in [3.63, 3.8) is 0 Å². The van der Waals surface area contributed by atoms with Crippen molar-refractivity contribution in [2.45, 2.75) is 6.42 Å². The quantitative estimate of drug-likeness (QED) is 0.542. The highest BCUT2D eigenvalue weighted by atomic mass is 16.1. The maximum atomic E-state index is 11.8. The lowest BCUT2D eigenvalue weighted by Crippen LogP contribution is -2.33. The van der Waals surface area contributed by atoms with Crippen LogP contribution in [0.1, 0.15) is 6.42 Å². The molecule has 0 aromatic carbocycles. The lowest BCUT2D eigenvalue weighted by molar-refractivity contribution is -0.125. The molecule has 0 amide bonds. The van der Waals surface area contributed by atoms with Gasteiger partial charge < -0.3 is 0 Å². The van der Waals surface area contributed by atoms with Gasteiger partial charge in [-0.15, -0.1) is 0 Å². The number of fused-ring (bicyclic) bond motifs is 2. The van der Waals surface area contributed by atoms with Crippen LogP contribution < -0.4 is 0 Å². The number of nitrogens with zero attached hydrogens (tertiary/aromatic N) is 1. The number of rotatable bonds is 0. The van der Waals surface area contributed by atoms with Gasteiger partial charge in [-0.1, -0.05) is 36.5 Å². The zero-order chi connectivity index (χ0) is 10.1. The van der Waals surface area contributed by atoms with Gasteiger partial charge in [0, 0.05) is 5.92 Å². The maximum absolute atomic E-state index is 11.8. The average molecular weight is 185 g/mol. The van der Waals surface area contributed by atoms with E-state index in [4.69, 9.17) is 5.26 Å². The second kappa shape index (κ2) is 3.26. The number of ketones is 1. The number of Topliss-reactive ketones (excluding diaryl/α,β-unsaturated/α-hetero) is 1. The zero-order valence-corrected chi connectivity index (χ0v) is 7.81. The predicted molar refractivity (Wildman–Crippen MR) is 53.1 cm³/mol. The molecule has 14 heavy (non-hydrogen) atoms. The van der Waals surface area contributed by atoms with Crippen molar-refractivity contribution >= 4 is 5.78 Å². The molecule has 1 fully saturated rings. The molecular formula is C12H11NO. The molecule has 2 nitrogen and oxygen atoms in total. The van der Waals surface area contributed by atoms with E-state index >= 15 is 0 Å². The van der Waals surface area contributed by atoms with Gasteiger partial charge in [0.1, 0.15) is 5.78 Å². The van der Waals surface area contributed by atoms with Gasteiger partial charge in [0.2, 0.25) is 0 Å². The molecule has 0 aromatic heterocycles. The SMILES string of the molecule is C=C1C[C@@H]2C=CC=C[C@@H](C2=O)[C@@H]1C#N. The summed E-state index contributed by atoms with van der Waals surface area (Å²) in [5, 5.41) is 8.97. The second-order valence-corrected chi connectivity index (χ2v) is 3.77. The Hall–Kier alpha value is -1.62. The fourth-order valence-corrected chi connectivity index (χ4v) is 2.10. The van der Waals surface area contributed by atoms with Crippen LogP contribution in [-0.4, -0.2) is 5.78 Å². The van der Waals surface area contributed by atoms with E-state index in [-0.39, 0.29) is 23.5 Å². The van der Waals surface area contributed by atoms with Crippen LogP contribution in [0.2, 0.25) is 0 Å². The van der Waals surface area contributed by atoms with Crippen LogP contribution in [-0.2, 0) is 4.79 Å². The van der Waals surface area contributed by atoms with Crippen LogP contribution in [0.25, 0.3) is 0 Å². The van der Waals surface area contributed by atoms with Crippen molar-refractivity contribution in [3.8, 4) is 6.07 Å². The van der Waals surface area contributed by atoms with E-state index in [2.05, 4.69) is 12.6 Å². The van der Waals surface area contributed by atoms with E-state index in [1.165, 1.54) is 0 Å². The first-order chi connectivity index (χ1) is 6.74. The predicted octanol–water partition coefficient (Wildman–Crippen LogP) is 2.01. The third kappa shape index (κ3) is 1.22. The van der Waals surface area contributed by atoms with Gasteiger partial charge in [-0.2, -0.15) is 5.26 Å². The third-order valence-corrected chi connectivity index (χ3v) is 2.89. The summed E-state index contributed by atoms with van der Waals surface area (Å²) < 4.78 is 0. The first-order valence-corrected chi connectivity index (χ1v) is 4.70. The van der Waals surface area contributed by atoms with Crippen molar-refractivity contribution in [2.24, 2.45) is 17.8 Å². The Morgan fingerprint density at radius 1 is 1.43 bits per heavy atom. The molecule has 1 saturated carbocycles. The molecule has 0 heterocycles. The minimum absolute atomic E-state index is 0.0629. The molecule has 0 aliphatic heterocycles. The Morgan fingerprint density at radius 3 is 2.86 bits per heavy atom. The molecule has 2 aliphatic carbocycles. The number of carbonyl (C=O) groups is 1. The fourth-order valence-electron chi connectivity index (χ4n) is 2.10. The highest BCUT2D eigenvalue weighted by Gasteiger charge is 2.38. The second-order valence-electron chi connectivity index (χ2n) is 3.77. The number of allylic oxidation sites excluding steroid dienone is 5. The molecule has 2 bridgehead atoms. The van der Waals surface area contributed by atoms with Crippen molar-refractivity contribution < 1.29 is 4.79 Å². The Bertz CT molecular complexity index is 384. The molecule has 0 unspecified atom stereocenters. The van der Waals surface area contributed by atoms with Crippen LogP contribution in [0.3, 0.4) is 0 Å². The average Bonchev–Trinajstić information content (AvgIpc) is 2.31. The molecular weight excluding hydrogens is 174 g/mol. The monoisotopic (exact) mass is 185 g/mol. The van der Waals surface area contributed by atoms with Gasteiger partial charge in [-0.25, -0.2) is 0 Å². The summed E-state index contributed by atoms with van der Waals surface area (Å²) in [5.41, 5.74) is 0.887. The standard InChI is InChI=1S/C12H11NO/c1-8-6-9-4-2-3-5-10(12(9)14)11(8)7-13/h2-5,9-11H,1,6H2/t9-,10+,11+/m0/s1. The van der Waals surface area contributed by atoms with Crippen LogP contribution in [0.15, 0.2) is 36.5 Å². The number of carbonyl (C=O) groups excluding carboxylic acids is 1. The van der Waals surface area contributed by atoms with E-state index in [1.54, 1.807) is 0 Å². The van der Waals surface area contributed by atoms with Crippen molar-refractivity contribution in [1.82, 2.24) is 0 Å². The van der Waals surface area contributed by atoms with Gasteiger partial charge in [0.05, 0.1) is 17.9 Å².